The molecule has 2 N–H and O–H groups in total. The van der Waals surface area contributed by atoms with Crippen molar-refractivity contribution in [2.75, 3.05) is 7.11 Å². The molecule has 0 amide bonds. The van der Waals surface area contributed by atoms with Crippen molar-refractivity contribution < 1.29 is 9.26 Å². The molecule has 0 unspecified atom stereocenters. The highest BCUT2D eigenvalue weighted by Crippen LogP contribution is 2.25. The van der Waals surface area contributed by atoms with Crippen molar-refractivity contribution >= 4 is 10.8 Å². The molecule has 3 rings (SSSR count). The van der Waals surface area contributed by atoms with Gasteiger partial charge < -0.3 is 15.0 Å². The summed E-state index contributed by atoms with van der Waals surface area (Å²) in [5.41, 5.74) is 6.86. The molecule has 2 aromatic carbocycles. The summed E-state index contributed by atoms with van der Waals surface area (Å²) in [5, 5.41) is 6.27. The second kappa shape index (κ2) is 5.54. The lowest BCUT2D eigenvalue weighted by atomic mass is 10.0. The molecule has 0 aliphatic heterocycles. The van der Waals surface area contributed by atoms with Gasteiger partial charge in [0, 0.05) is 6.42 Å². The Hall–Kier alpha value is -2.40. The first-order valence-electron chi connectivity index (χ1n) is 6.81. The summed E-state index contributed by atoms with van der Waals surface area (Å²) in [5.74, 6) is 1.93. The second-order valence-electron chi connectivity index (χ2n) is 5.02. The standard InChI is InChI=1S/C16H17N3O2/c1-10(17)16-18-15(19-21-16)8-12-5-3-4-11-6-7-13(20-2)9-14(11)12/h3-7,9-10H,8,17H2,1-2H3/t10-/m0/s1. The molecule has 108 valence electrons. The van der Waals surface area contributed by atoms with Crippen LogP contribution >= 0.6 is 0 Å². The Bertz CT molecular complexity index is 765. The third kappa shape index (κ3) is 2.73. The lowest BCUT2D eigenvalue weighted by molar-refractivity contribution is 0.358. The fraction of sp³-hybridized carbons (Fsp3) is 0.250. The maximum atomic E-state index is 5.74. The van der Waals surface area contributed by atoms with Crippen molar-refractivity contribution in [2.45, 2.75) is 19.4 Å². The summed E-state index contributed by atoms with van der Waals surface area (Å²) >= 11 is 0. The van der Waals surface area contributed by atoms with Crippen LogP contribution < -0.4 is 10.5 Å². The Morgan fingerprint density at radius 1 is 1.29 bits per heavy atom. The van der Waals surface area contributed by atoms with Crippen LogP contribution in [0, 0.1) is 0 Å². The summed E-state index contributed by atoms with van der Waals surface area (Å²) in [7, 11) is 1.66. The van der Waals surface area contributed by atoms with Crippen LogP contribution in [0.1, 0.15) is 30.2 Å². The highest BCUT2D eigenvalue weighted by atomic mass is 16.5. The number of methoxy groups -OCH3 is 1. The third-order valence-corrected chi connectivity index (χ3v) is 3.40. The lowest BCUT2D eigenvalue weighted by Gasteiger charge is -2.06. The van der Waals surface area contributed by atoms with Crippen LogP contribution in [-0.2, 0) is 6.42 Å². The second-order valence-corrected chi connectivity index (χ2v) is 5.02. The van der Waals surface area contributed by atoms with Crippen LogP contribution in [0.3, 0.4) is 0 Å². The number of aromatic nitrogens is 2. The average molecular weight is 283 g/mol. The topological polar surface area (TPSA) is 74.2 Å². The molecule has 0 saturated heterocycles. The molecule has 1 atom stereocenters. The van der Waals surface area contributed by atoms with Gasteiger partial charge in [0.05, 0.1) is 13.2 Å². The van der Waals surface area contributed by atoms with Crippen LogP contribution in [0.5, 0.6) is 5.75 Å². The number of nitrogens with two attached hydrogens (primary N) is 1. The first-order valence-corrected chi connectivity index (χ1v) is 6.81. The van der Waals surface area contributed by atoms with Gasteiger partial charge in [-0.05, 0) is 35.4 Å². The van der Waals surface area contributed by atoms with E-state index in [2.05, 4.69) is 22.3 Å². The number of fused-ring (bicyclic) bond motifs is 1. The highest BCUT2D eigenvalue weighted by Gasteiger charge is 2.12. The molecule has 0 radical (unpaired) electrons. The minimum Gasteiger partial charge on any atom is -0.497 e. The van der Waals surface area contributed by atoms with Crippen molar-refractivity contribution in [2.24, 2.45) is 5.73 Å². The van der Waals surface area contributed by atoms with Crippen molar-refractivity contribution in [1.29, 1.82) is 0 Å². The van der Waals surface area contributed by atoms with E-state index in [4.69, 9.17) is 15.0 Å². The van der Waals surface area contributed by atoms with Crippen LogP contribution in [-0.4, -0.2) is 17.3 Å². The Morgan fingerprint density at radius 2 is 2.14 bits per heavy atom. The zero-order valence-corrected chi connectivity index (χ0v) is 12.0. The lowest BCUT2D eigenvalue weighted by Crippen LogP contribution is -2.05. The summed E-state index contributed by atoms with van der Waals surface area (Å²) in [4.78, 5) is 4.32. The molecule has 5 nitrogen and oxygen atoms in total. The van der Waals surface area contributed by atoms with E-state index < -0.39 is 0 Å². The molecule has 1 heterocycles. The first-order chi connectivity index (χ1) is 10.2. The fourth-order valence-electron chi connectivity index (χ4n) is 2.29. The predicted octanol–water partition coefficient (Wildman–Crippen LogP) is 2.84. The number of hydrogen-bond acceptors (Lipinski definition) is 5. The number of ether oxygens (including phenoxy) is 1. The van der Waals surface area contributed by atoms with Crippen LogP contribution in [0.4, 0.5) is 0 Å². The molecule has 3 aromatic rings. The van der Waals surface area contributed by atoms with Crippen molar-refractivity contribution in [3.8, 4) is 5.75 Å². The van der Waals surface area contributed by atoms with Gasteiger partial charge in [-0.2, -0.15) is 4.98 Å². The average Bonchev–Trinajstić information content (AvgIpc) is 2.96. The predicted molar refractivity (Wildman–Crippen MR) is 80.2 cm³/mol. The normalized spacial score (nSPS) is 12.5. The molecule has 0 spiro atoms. The molecule has 5 heteroatoms. The number of benzene rings is 2. The summed E-state index contributed by atoms with van der Waals surface area (Å²) in [6.45, 7) is 1.82. The van der Waals surface area contributed by atoms with Gasteiger partial charge in [0.25, 0.3) is 0 Å². The van der Waals surface area contributed by atoms with Gasteiger partial charge in [0.1, 0.15) is 5.75 Å². The fourth-order valence-corrected chi connectivity index (χ4v) is 2.29. The number of rotatable bonds is 4. The molecule has 0 aliphatic carbocycles. The van der Waals surface area contributed by atoms with Gasteiger partial charge in [-0.25, -0.2) is 0 Å². The molecule has 0 saturated carbocycles. The van der Waals surface area contributed by atoms with E-state index in [1.807, 2.05) is 31.2 Å². The summed E-state index contributed by atoms with van der Waals surface area (Å²) < 4.78 is 10.4. The van der Waals surface area contributed by atoms with Gasteiger partial charge in [0.15, 0.2) is 5.82 Å². The van der Waals surface area contributed by atoms with Gasteiger partial charge in [-0.3, -0.25) is 0 Å². The molecular weight excluding hydrogens is 266 g/mol. The van der Waals surface area contributed by atoms with Gasteiger partial charge >= 0.3 is 0 Å². The molecule has 0 bridgehead atoms. The van der Waals surface area contributed by atoms with E-state index in [1.165, 1.54) is 0 Å². The Morgan fingerprint density at radius 3 is 2.86 bits per heavy atom. The summed E-state index contributed by atoms with van der Waals surface area (Å²) in [6.07, 6.45) is 0.598. The Labute approximate surface area is 122 Å². The Kier molecular flexibility index (Phi) is 3.58. The van der Waals surface area contributed by atoms with Crippen molar-refractivity contribution in [3.05, 3.63) is 53.7 Å². The Balaban J connectivity index is 1.99. The number of hydrogen-bond donors (Lipinski definition) is 1. The molecule has 0 fully saturated rings. The van der Waals surface area contributed by atoms with Gasteiger partial charge in [-0.15, -0.1) is 0 Å². The zero-order chi connectivity index (χ0) is 14.8. The van der Waals surface area contributed by atoms with E-state index >= 15 is 0 Å². The van der Waals surface area contributed by atoms with Crippen LogP contribution in [0.15, 0.2) is 40.9 Å². The zero-order valence-electron chi connectivity index (χ0n) is 12.0. The SMILES string of the molecule is COc1ccc2cccc(Cc3noc([C@H](C)N)n3)c2c1. The minimum absolute atomic E-state index is 0.251. The van der Waals surface area contributed by atoms with Gasteiger partial charge in [-0.1, -0.05) is 29.4 Å². The van der Waals surface area contributed by atoms with E-state index in [9.17, 15) is 0 Å². The molecule has 21 heavy (non-hydrogen) atoms. The largest absolute Gasteiger partial charge is 0.497 e. The molecular formula is C16H17N3O2. The van der Waals surface area contributed by atoms with Gasteiger partial charge in [0.2, 0.25) is 5.89 Å². The van der Waals surface area contributed by atoms with E-state index in [0.717, 1.165) is 22.1 Å². The van der Waals surface area contributed by atoms with Crippen molar-refractivity contribution in [3.63, 3.8) is 0 Å². The first kappa shape index (κ1) is 13.6. The maximum Gasteiger partial charge on any atom is 0.243 e. The summed E-state index contributed by atoms with van der Waals surface area (Å²) in [6, 6.07) is 11.9. The van der Waals surface area contributed by atoms with Crippen molar-refractivity contribution in [1.82, 2.24) is 10.1 Å². The third-order valence-electron chi connectivity index (χ3n) is 3.40. The van der Waals surface area contributed by atoms with E-state index in [-0.39, 0.29) is 6.04 Å². The molecule has 0 aliphatic rings. The number of nitrogens with zero attached hydrogens (tertiary/aromatic N) is 2. The molecule has 1 aromatic heterocycles. The van der Waals surface area contributed by atoms with E-state index in [1.54, 1.807) is 7.11 Å². The minimum atomic E-state index is -0.251. The van der Waals surface area contributed by atoms with Crippen LogP contribution in [0.2, 0.25) is 0 Å². The van der Waals surface area contributed by atoms with Crippen LogP contribution in [0.25, 0.3) is 10.8 Å². The highest BCUT2D eigenvalue weighted by molar-refractivity contribution is 5.87. The maximum absolute atomic E-state index is 5.74. The monoisotopic (exact) mass is 283 g/mol. The van der Waals surface area contributed by atoms with E-state index in [0.29, 0.717) is 18.1 Å². The smallest absolute Gasteiger partial charge is 0.243 e. The quantitative estimate of drug-likeness (QED) is 0.797.